The number of benzene rings is 1. The number of esters is 2. The Morgan fingerprint density at radius 3 is 2.52 bits per heavy atom. The van der Waals surface area contributed by atoms with Crippen LogP contribution in [-0.2, 0) is 23.9 Å². The SMILES string of the molecule is CCOC(=O)[C@H](Nc1ccccc1)[C@]1(C(=O)OC)CCCC1=O. The lowest BCUT2D eigenvalue weighted by atomic mass is 9.77. The van der Waals surface area contributed by atoms with Crippen molar-refractivity contribution in [3.63, 3.8) is 0 Å². The van der Waals surface area contributed by atoms with Gasteiger partial charge in [0, 0.05) is 12.1 Å². The van der Waals surface area contributed by atoms with Crippen LogP contribution in [-0.4, -0.2) is 37.5 Å². The quantitative estimate of drug-likeness (QED) is 0.637. The van der Waals surface area contributed by atoms with E-state index in [1.54, 1.807) is 31.2 Å². The van der Waals surface area contributed by atoms with E-state index >= 15 is 0 Å². The maximum absolute atomic E-state index is 12.5. The molecule has 0 bridgehead atoms. The minimum Gasteiger partial charge on any atom is -0.468 e. The van der Waals surface area contributed by atoms with Gasteiger partial charge in [-0.3, -0.25) is 9.59 Å². The van der Waals surface area contributed by atoms with Crippen LogP contribution < -0.4 is 5.32 Å². The average Bonchev–Trinajstić information content (AvgIpc) is 2.95. The van der Waals surface area contributed by atoms with Gasteiger partial charge in [-0.15, -0.1) is 0 Å². The van der Waals surface area contributed by atoms with E-state index in [4.69, 9.17) is 9.47 Å². The third-order valence-corrected chi connectivity index (χ3v) is 4.12. The van der Waals surface area contributed by atoms with Crippen LogP contribution in [0.1, 0.15) is 26.2 Å². The fraction of sp³-hybridized carbons (Fsp3) is 0.471. The molecule has 23 heavy (non-hydrogen) atoms. The van der Waals surface area contributed by atoms with Gasteiger partial charge in [0.15, 0.2) is 11.2 Å². The number of methoxy groups -OCH3 is 1. The highest BCUT2D eigenvalue weighted by atomic mass is 16.5. The number of hydrogen-bond donors (Lipinski definition) is 1. The summed E-state index contributed by atoms with van der Waals surface area (Å²) in [6.07, 6.45) is 1.06. The zero-order valence-electron chi connectivity index (χ0n) is 13.3. The summed E-state index contributed by atoms with van der Waals surface area (Å²) < 4.78 is 9.94. The Labute approximate surface area is 135 Å². The summed E-state index contributed by atoms with van der Waals surface area (Å²) in [5, 5.41) is 3.00. The van der Waals surface area contributed by atoms with E-state index in [2.05, 4.69) is 5.32 Å². The highest BCUT2D eigenvalue weighted by molar-refractivity contribution is 6.10. The smallest absolute Gasteiger partial charge is 0.330 e. The summed E-state index contributed by atoms with van der Waals surface area (Å²) in [6.45, 7) is 1.84. The van der Waals surface area contributed by atoms with Gasteiger partial charge < -0.3 is 14.8 Å². The second-order valence-electron chi connectivity index (χ2n) is 5.44. The minimum atomic E-state index is -1.53. The maximum Gasteiger partial charge on any atom is 0.330 e. The van der Waals surface area contributed by atoms with E-state index < -0.39 is 23.4 Å². The second-order valence-corrected chi connectivity index (χ2v) is 5.44. The third kappa shape index (κ3) is 3.21. The standard InChI is InChI=1S/C17H21NO5/c1-3-23-15(20)14(18-12-8-5-4-6-9-12)17(16(21)22-2)11-7-10-13(17)19/h4-6,8-9,14,18H,3,7,10-11H2,1-2H3/t14-,17-/m0/s1. The van der Waals surface area contributed by atoms with Crippen LogP contribution in [0.2, 0.25) is 0 Å². The molecule has 0 amide bonds. The molecule has 1 N–H and O–H groups in total. The van der Waals surface area contributed by atoms with Gasteiger partial charge >= 0.3 is 11.9 Å². The third-order valence-electron chi connectivity index (χ3n) is 4.12. The zero-order chi connectivity index (χ0) is 16.9. The van der Waals surface area contributed by atoms with Gasteiger partial charge in [-0.1, -0.05) is 18.2 Å². The van der Waals surface area contributed by atoms with Crippen molar-refractivity contribution in [3.05, 3.63) is 30.3 Å². The van der Waals surface area contributed by atoms with E-state index in [0.29, 0.717) is 12.1 Å². The number of rotatable bonds is 6. The molecule has 0 radical (unpaired) electrons. The van der Waals surface area contributed by atoms with Gasteiger partial charge in [0.2, 0.25) is 0 Å². The number of hydrogen-bond acceptors (Lipinski definition) is 6. The number of ether oxygens (including phenoxy) is 2. The molecule has 0 aliphatic heterocycles. The molecule has 0 aromatic heterocycles. The molecule has 2 rings (SSSR count). The van der Waals surface area contributed by atoms with Crippen molar-refractivity contribution in [2.45, 2.75) is 32.2 Å². The largest absolute Gasteiger partial charge is 0.468 e. The van der Waals surface area contributed by atoms with Crippen molar-refractivity contribution in [3.8, 4) is 0 Å². The van der Waals surface area contributed by atoms with E-state index in [0.717, 1.165) is 0 Å². The van der Waals surface area contributed by atoms with Crippen molar-refractivity contribution in [1.82, 2.24) is 0 Å². The van der Waals surface area contributed by atoms with Crippen LogP contribution in [0.5, 0.6) is 0 Å². The van der Waals surface area contributed by atoms with E-state index in [-0.39, 0.29) is 25.2 Å². The molecule has 1 saturated carbocycles. The van der Waals surface area contributed by atoms with Crippen molar-refractivity contribution in [2.75, 3.05) is 19.0 Å². The molecule has 0 unspecified atom stereocenters. The summed E-state index contributed by atoms with van der Waals surface area (Å²) in [6, 6.07) is 7.85. The van der Waals surface area contributed by atoms with Gasteiger partial charge in [-0.25, -0.2) is 4.79 Å². The second kappa shape index (κ2) is 7.26. The van der Waals surface area contributed by atoms with E-state index in [1.807, 2.05) is 6.07 Å². The zero-order valence-corrected chi connectivity index (χ0v) is 13.3. The van der Waals surface area contributed by atoms with Gasteiger partial charge in [-0.2, -0.15) is 0 Å². The molecule has 1 aromatic carbocycles. The summed E-state index contributed by atoms with van der Waals surface area (Å²) >= 11 is 0. The molecule has 6 heteroatoms. The first-order valence-electron chi connectivity index (χ1n) is 7.66. The number of carbonyl (C=O) groups excluding carboxylic acids is 3. The number of para-hydroxylation sites is 1. The Bertz CT molecular complexity index is 586. The molecule has 1 aliphatic carbocycles. The predicted molar refractivity (Wildman–Crippen MR) is 83.8 cm³/mol. The Balaban J connectivity index is 2.43. The van der Waals surface area contributed by atoms with Crippen molar-refractivity contribution >= 4 is 23.4 Å². The maximum atomic E-state index is 12.5. The molecule has 1 fully saturated rings. The van der Waals surface area contributed by atoms with Crippen LogP contribution in [0.15, 0.2) is 30.3 Å². The molecule has 0 saturated heterocycles. The Hall–Kier alpha value is -2.37. The van der Waals surface area contributed by atoms with E-state index in [1.165, 1.54) is 7.11 Å². The number of Topliss-reactive ketones (excluding diaryl/α,β-unsaturated/α-hetero) is 1. The van der Waals surface area contributed by atoms with Gasteiger partial charge in [0.25, 0.3) is 0 Å². The van der Waals surface area contributed by atoms with Gasteiger partial charge in [0.1, 0.15) is 6.04 Å². The first kappa shape index (κ1) is 17.0. The predicted octanol–water partition coefficient (Wildman–Crippen LogP) is 1.94. The lowest BCUT2D eigenvalue weighted by Crippen LogP contribution is -2.54. The average molecular weight is 319 g/mol. The fourth-order valence-corrected chi connectivity index (χ4v) is 3.02. The van der Waals surface area contributed by atoms with Crippen molar-refractivity contribution in [2.24, 2.45) is 5.41 Å². The number of nitrogens with one attached hydrogen (secondary N) is 1. The van der Waals surface area contributed by atoms with Crippen LogP contribution in [0.4, 0.5) is 5.69 Å². The molecule has 1 aromatic rings. The van der Waals surface area contributed by atoms with Gasteiger partial charge in [-0.05, 0) is 31.9 Å². The summed E-state index contributed by atoms with van der Waals surface area (Å²) in [4.78, 5) is 37.3. The van der Waals surface area contributed by atoms with Crippen molar-refractivity contribution < 1.29 is 23.9 Å². The van der Waals surface area contributed by atoms with Crippen LogP contribution in [0.3, 0.4) is 0 Å². The Morgan fingerprint density at radius 2 is 2.00 bits per heavy atom. The Morgan fingerprint density at radius 1 is 1.30 bits per heavy atom. The fourth-order valence-electron chi connectivity index (χ4n) is 3.02. The molecule has 124 valence electrons. The first-order chi connectivity index (χ1) is 11.1. The van der Waals surface area contributed by atoms with Crippen LogP contribution in [0.25, 0.3) is 0 Å². The highest BCUT2D eigenvalue weighted by Crippen LogP contribution is 2.41. The summed E-state index contributed by atoms with van der Waals surface area (Å²) in [5.74, 6) is -1.61. The number of anilines is 1. The van der Waals surface area contributed by atoms with E-state index in [9.17, 15) is 14.4 Å². The molecule has 2 atom stereocenters. The molecule has 0 heterocycles. The minimum absolute atomic E-state index is 0.164. The molecule has 6 nitrogen and oxygen atoms in total. The number of carbonyl (C=O) groups is 3. The van der Waals surface area contributed by atoms with Crippen LogP contribution in [0, 0.1) is 5.41 Å². The molecular formula is C17H21NO5. The molecular weight excluding hydrogens is 298 g/mol. The topological polar surface area (TPSA) is 81.7 Å². The lowest BCUT2D eigenvalue weighted by molar-refractivity contribution is -0.164. The highest BCUT2D eigenvalue weighted by Gasteiger charge is 2.58. The number of ketones is 1. The Kier molecular flexibility index (Phi) is 5.36. The normalized spacial score (nSPS) is 21.6. The first-order valence-corrected chi connectivity index (χ1v) is 7.66. The van der Waals surface area contributed by atoms with Crippen molar-refractivity contribution in [1.29, 1.82) is 0 Å². The summed E-state index contributed by atoms with van der Waals surface area (Å²) in [5.41, 5.74) is -0.898. The van der Waals surface area contributed by atoms with Crippen LogP contribution >= 0.6 is 0 Å². The summed E-state index contributed by atoms with van der Waals surface area (Å²) in [7, 11) is 1.22. The lowest BCUT2D eigenvalue weighted by Gasteiger charge is -2.32. The molecule has 1 aliphatic rings. The van der Waals surface area contributed by atoms with Gasteiger partial charge in [0.05, 0.1) is 13.7 Å². The molecule has 0 spiro atoms. The monoisotopic (exact) mass is 319 g/mol.